The Morgan fingerprint density at radius 1 is 1.38 bits per heavy atom. The lowest BCUT2D eigenvalue weighted by molar-refractivity contribution is 0.306. The second-order valence-corrected chi connectivity index (χ2v) is 4.87. The van der Waals surface area contributed by atoms with Gasteiger partial charge in [-0.25, -0.2) is 0 Å². The lowest BCUT2D eigenvalue weighted by atomic mass is 10.2. The monoisotopic (exact) mass is 293 g/mol. The van der Waals surface area contributed by atoms with Crippen molar-refractivity contribution in [1.29, 1.82) is 5.26 Å². The molecular formula is C12H8BrNOS. The van der Waals surface area contributed by atoms with Crippen LogP contribution in [0.5, 0.6) is 5.75 Å². The van der Waals surface area contributed by atoms with Crippen molar-refractivity contribution < 1.29 is 4.74 Å². The van der Waals surface area contributed by atoms with E-state index in [2.05, 4.69) is 22.0 Å². The molecule has 2 rings (SSSR count). The third kappa shape index (κ3) is 2.63. The van der Waals surface area contributed by atoms with E-state index in [-0.39, 0.29) is 0 Å². The average Bonchev–Trinajstić information content (AvgIpc) is 2.80. The van der Waals surface area contributed by atoms with Crippen molar-refractivity contribution in [1.82, 2.24) is 0 Å². The Hall–Kier alpha value is -1.31. The fourth-order valence-corrected chi connectivity index (χ4v) is 2.27. The molecule has 2 nitrogen and oxygen atoms in total. The van der Waals surface area contributed by atoms with E-state index in [4.69, 9.17) is 10.00 Å². The van der Waals surface area contributed by atoms with Crippen LogP contribution in [0.1, 0.15) is 11.1 Å². The van der Waals surface area contributed by atoms with E-state index in [0.717, 1.165) is 10.0 Å². The van der Waals surface area contributed by atoms with E-state index in [9.17, 15) is 0 Å². The van der Waals surface area contributed by atoms with Gasteiger partial charge in [0.15, 0.2) is 0 Å². The van der Waals surface area contributed by atoms with Gasteiger partial charge in [-0.15, -0.1) is 0 Å². The minimum absolute atomic E-state index is 0.500. The Kier molecular flexibility index (Phi) is 3.60. The Balaban J connectivity index is 2.13. The summed E-state index contributed by atoms with van der Waals surface area (Å²) in [6, 6.07) is 9.54. The molecule has 2 aromatic rings. The zero-order chi connectivity index (χ0) is 11.4. The summed E-state index contributed by atoms with van der Waals surface area (Å²) in [5, 5.41) is 13.0. The number of nitrogens with zero attached hydrogens (tertiary/aromatic N) is 1. The summed E-state index contributed by atoms with van der Waals surface area (Å²) in [6.07, 6.45) is 0. The van der Waals surface area contributed by atoms with E-state index >= 15 is 0 Å². The van der Waals surface area contributed by atoms with Crippen LogP contribution >= 0.6 is 27.3 Å². The molecule has 80 valence electrons. The molecular weight excluding hydrogens is 286 g/mol. The molecule has 0 aliphatic rings. The summed E-state index contributed by atoms with van der Waals surface area (Å²) in [5.41, 5.74) is 1.67. The highest BCUT2D eigenvalue weighted by molar-refractivity contribution is 9.10. The normalized spacial score (nSPS) is 9.75. The van der Waals surface area contributed by atoms with Gasteiger partial charge in [0.05, 0.1) is 5.56 Å². The Morgan fingerprint density at radius 2 is 2.25 bits per heavy atom. The molecule has 0 N–H and O–H groups in total. The van der Waals surface area contributed by atoms with Gasteiger partial charge in [-0.1, -0.05) is 15.9 Å². The molecule has 0 spiro atoms. The third-order valence-corrected chi connectivity index (χ3v) is 3.26. The van der Waals surface area contributed by atoms with Crippen LogP contribution in [0.4, 0.5) is 0 Å². The van der Waals surface area contributed by atoms with Gasteiger partial charge in [0.1, 0.15) is 18.4 Å². The first-order chi connectivity index (χ1) is 7.79. The highest BCUT2D eigenvalue weighted by atomic mass is 79.9. The minimum atomic E-state index is 0.500. The number of benzene rings is 1. The summed E-state index contributed by atoms with van der Waals surface area (Å²) < 4.78 is 6.47. The minimum Gasteiger partial charge on any atom is -0.487 e. The second-order valence-electron chi connectivity index (χ2n) is 3.17. The zero-order valence-electron chi connectivity index (χ0n) is 8.31. The summed E-state index contributed by atoms with van der Waals surface area (Å²) in [7, 11) is 0. The van der Waals surface area contributed by atoms with Gasteiger partial charge >= 0.3 is 0 Å². The Morgan fingerprint density at radius 3 is 2.94 bits per heavy atom. The number of hydrogen-bond donors (Lipinski definition) is 0. The topological polar surface area (TPSA) is 33.0 Å². The van der Waals surface area contributed by atoms with Gasteiger partial charge in [0, 0.05) is 4.47 Å². The molecule has 0 bridgehead atoms. The van der Waals surface area contributed by atoms with Crippen LogP contribution in [0.15, 0.2) is 39.5 Å². The zero-order valence-corrected chi connectivity index (χ0v) is 10.7. The molecule has 1 aromatic carbocycles. The molecule has 0 radical (unpaired) electrons. The van der Waals surface area contributed by atoms with Gasteiger partial charge in [-0.2, -0.15) is 16.6 Å². The molecule has 0 amide bonds. The van der Waals surface area contributed by atoms with Crippen molar-refractivity contribution in [3.63, 3.8) is 0 Å². The largest absolute Gasteiger partial charge is 0.487 e. The molecule has 0 saturated carbocycles. The first kappa shape index (κ1) is 11.2. The van der Waals surface area contributed by atoms with Gasteiger partial charge in [0.25, 0.3) is 0 Å². The van der Waals surface area contributed by atoms with Gasteiger partial charge < -0.3 is 4.74 Å². The maximum Gasteiger partial charge on any atom is 0.137 e. The second kappa shape index (κ2) is 5.15. The molecule has 0 saturated heterocycles. The van der Waals surface area contributed by atoms with Crippen LogP contribution in [0.25, 0.3) is 0 Å². The fourth-order valence-electron chi connectivity index (χ4n) is 1.25. The molecule has 0 unspecified atom stereocenters. The number of thiophene rings is 1. The maximum absolute atomic E-state index is 8.95. The van der Waals surface area contributed by atoms with Crippen molar-refractivity contribution in [3.05, 3.63) is 50.6 Å². The first-order valence-corrected chi connectivity index (χ1v) is 6.36. The van der Waals surface area contributed by atoms with Crippen molar-refractivity contribution in [2.75, 3.05) is 0 Å². The smallest absolute Gasteiger partial charge is 0.137 e. The number of hydrogen-bond acceptors (Lipinski definition) is 3. The van der Waals surface area contributed by atoms with Crippen LogP contribution < -0.4 is 4.74 Å². The molecule has 1 heterocycles. The standard InChI is InChI=1S/C12H8BrNOS/c13-11-1-2-12(10(5-11)6-14)15-7-9-3-4-16-8-9/h1-5,8H,7H2. The van der Waals surface area contributed by atoms with E-state index < -0.39 is 0 Å². The van der Waals surface area contributed by atoms with Crippen LogP contribution in [0, 0.1) is 11.3 Å². The van der Waals surface area contributed by atoms with E-state index in [1.54, 1.807) is 23.5 Å². The van der Waals surface area contributed by atoms with E-state index in [1.165, 1.54) is 0 Å². The lowest BCUT2D eigenvalue weighted by Gasteiger charge is -2.06. The molecule has 4 heteroatoms. The predicted octanol–water partition coefficient (Wildman–Crippen LogP) is 3.96. The SMILES string of the molecule is N#Cc1cc(Br)ccc1OCc1ccsc1. The summed E-state index contributed by atoms with van der Waals surface area (Å²) in [6.45, 7) is 0.500. The Bertz CT molecular complexity index is 516. The summed E-state index contributed by atoms with van der Waals surface area (Å²) in [4.78, 5) is 0. The van der Waals surface area contributed by atoms with Crippen molar-refractivity contribution in [3.8, 4) is 11.8 Å². The maximum atomic E-state index is 8.95. The van der Waals surface area contributed by atoms with Crippen LogP contribution in [0.3, 0.4) is 0 Å². The number of rotatable bonds is 3. The van der Waals surface area contributed by atoms with E-state index in [0.29, 0.717) is 17.9 Å². The highest BCUT2D eigenvalue weighted by Gasteiger charge is 2.04. The van der Waals surface area contributed by atoms with Crippen molar-refractivity contribution >= 4 is 27.3 Å². The quantitative estimate of drug-likeness (QED) is 0.858. The average molecular weight is 294 g/mol. The van der Waals surface area contributed by atoms with Crippen LogP contribution in [-0.2, 0) is 6.61 Å². The Labute approximate surface area is 106 Å². The number of ether oxygens (including phenoxy) is 1. The number of nitriles is 1. The third-order valence-electron chi connectivity index (χ3n) is 2.04. The molecule has 0 aliphatic carbocycles. The molecule has 0 atom stereocenters. The fraction of sp³-hybridized carbons (Fsp3) is 0.0833. The highest BCUT2D eigenvalue weighted by Crippen LogP contribution is 2.23. The molecule has 0 fully saturated rings. The predicted molar refractivity (Wildman–Crippen MR) is 67.5 cm³/mol. The molecule has 1 aromatic heterocycles. The molecule has 0 aliphatic heterocycles. The van der Waals surface area contributed by atoms with Gasteiger partial charge in [0.2, 0.25) is 0 Å². The van der Waals surface area contributed by atoms with E-state index in [1.807, 2.05) is 22.9 Å². The summed E-state index contributed by atoms with van der Waals surface area (Å²) >= 11 is 4.96. The van der Waals surface area contributed by atoms with Crippen molar-refractivity contribution in [2.24, 2.45) is 0 Å². The van der Waals surface area contributed by atoms with Gasteiger partial charge in [-0.05, 0) is 40.6 Å². The van der Waals surface area contributed by atoms with Crippen LogP contribution in [-0.4, -0.2) is 0 Å². The van der Waals surface area contributed by atoms with Crippen molar-refractivity contribution in [2.45, 2.75) is 6.61 Å². The van der Waals surface area contributed by atoms with Gasteiger partial charge in [-0.3, -0.25) is 0 Å². The first-order valence-electron chi connectivity index (χ1n) is 4.63. The summed E-state index contributed by atoms with van der Waals surface area (Å²) in [5.74, 6) is 0.622. The molecule has 16 heavy (non-hydrogen) atoms. The van der Waals surface area contributed by atoms with Crippen LogP contribution in [0.2, 0.25) is 0 Å². The number of halogens is 1. The lowest BCUT2D eigenvalue weighted by Crippen LogP contribution is -1.95.